The highest BCUT2D eigenvalue weighted by molar-refractivity contribution is 5.99. The molecule has 3 rings (SSSR count). The quantitative estimate of drug-likeness (QED) is 0.331. The van der Waals surface area contributed by atoms with Gasteiger partial charge in [-0.25, -0.2) is 9.37 Å². The van der Waals surface area contributed by atoms with E-state index in [4.69, 9.17) is 10.8 Å². The second-order valence-electron chi connectivity index (χ2n) is 6.18. The van der Waals surface area contributed by atoms with Crippen molar-refractivity contribution >= 4 is 34.7 Å². The lowest BCUT2D eigenvalue weighted by Crippen LogP contribution is -2.07. The van der Waals surface area contributed by atoms with Crippen molar-refractivity contribution in [2.75, 3.05) is 36.3 Å². The summed E-state index contributed by atoms with van der Waals surface area (Å²) in [5, 5.41) is 8.29. The van der Waals surface area contributed by atoms with Crippen LogP contribution in [-0.2, 0) is 9.53 Å². The third-order valence-corrected chi connectivity index (χ3v) is 3.90. The standard InChI is InChI=1S/C22H22FN5O3/c1-3-20(29)25-16-5-4-6-17(13-16)26-21-19(23)14-24-22(28-21)27-15-7-9-18(10-8-15)31-12-11-30-2/h3-10,13-14H,1,11-12H2,2H3,(H,25,29)(H2,24,26,27,28)/i13D. The molecule has 1 heterocycles. The molecule has 160 valence electrons. The molecule has 3 N–H and O–H groups in total. The number of benzene rings is 2. The molecule has 8 nitrogen and oxygen atoms in total. The van der Waals surface area contributed by atoms with Crippen LogP contribution in [0, 0.1) is 5.82 Å². The van der Waals surface area contributed by atoms with Gasteiger partial charge in [0.1, 0.15) is 12.4 Å². The van der Waals surface area contributed by atoms with Gasteiger partial charge < -0.3 is 25.4 Å². The van der Waals surface area contributed by atoms with Crippen LogP contribution in [0.3, 0.4) is 0 Å². The zero-order chi connectivity index (χ0) is 22.9. The van der Waals surface area contributed by atoms with Crippen LogP contribution in [0.25, 0.3) is 0 Å². The summed E-state index contributed by atoms with van der Waals surface area (Å²) in [6.45, 7) is 4.31. The minimum atomic E-state index is -0.697. The number of ether oxygens (including phenoxy) is 2. The van der Waals surface area contributed by atoms with Crippen LogP contribution < -0.4 is 20.7 Å². The van der Waals surface area contributed by atoms with E-state index in [9.17, 15) is 9.18 Å². The molecule has 2 aromatic carbocycles. The number of rotatable bonds is 10. The maximum Gasteiger partial charge on any atom is 0.247 e. The summed E-state index contributed by atoms with van der Waals surface area (Å²) in [5.41, 5.74) is 1.19. The van der Waals surface area contributed by atoms with Crippen molar-refractivity contribution in [3.63, 3.8) is 0 Å². The van der Waals surface area contributed by atoms with Crippen LogP contribution in [-0.4, -0.2) is 36.2 Å². The second-order valence-corrected chi connectivity index (χ2v) is 6.18. The molecule has 1 aromatic heterocycles. The summed E-state index contributed by atoms with van der Waals surface area (Å²) in [6.07, 6.45) is 2.12. The number of nitrogens with one attached hydrogen (secondary N) is 3. The van der Waals surface area contributed by atoms with Gasteiger partial charge in [-0.05, 0) is 48.5 Å². The molecule has 0 bridgehead atoms. The molecule has 0 aliphatic heterocycles. The number of hydrogen-bond acceptors (Lipinski definition) is 7. The fourth-order valence-electron chi connectivity index (χ4n) is 2.45. The monoisotopic (exact) mass is 424 g/mol. The van der Waals surface area contributed by atoms with Crippen molar-refractivity contribution in [1.82, 2.24) is 9.97 Å². The van der Waals surface area contributed by atoms with Crippen LogP contribution in [0.2, 0.25) is 0 Å². The minimum absolute atomic E-state index is 0.0284. The molecule has 31 heavy (non-hydrogen) atoms. The third-order valence-electron chi connectivity index (χ3n) is 3.90. The molecule has 0 atom stereocenters. The third kappa shape index (κ3) is 6.51. The van der Waals surface area contributed by atoms with Gasteiger partial charge >= 0.3 is 0 Å². The molecule has 0 spiro atoms. The number of carbonyl (C=O) groups is 1. The largest absolute Gasteiger partial charge is 0.491 e. The average molecular weight is 424 g/mol. The molecule has 0 saturated carbocycles. The summed E-state index contributed by atoms with van der Waals surface area (Å²) >= 11 is 0. The molecular formula is C22H22FN5O3. The predicted molar refractivity (Wildman–Crippen MR) is 118 cm³/mol. The maximum absolute atomic E-state index is 14.3. The van der Waals surface area contributed by atoms with Crippen molar-refractivity contribution in [3.8, 4) is 5.75 Å². The first kappa shape index (κ1) is 20.3. The SMILES string of the molecule is [2H]c1c(NC(=O)C=C)cccc1Nc1nc(Nc2ccc(OCCOC)cc2)ncc1F. The lowest BCUT2D eigenvalue weighted by molar-refractivity contribution is -0.111. The van der Waals surface area contributed by atoms with Crippen LogP contribution in [0.5, 0.6) is 5.75 Å². The summed E-state index contributed by atoms with van der Waals surface area (Å²) < 4.78 is 33.0. The zero-order valence-corrected chi connectivity index (χ0v) is 16.8. The first-order valence-electron chi connectivity index (χ1n) is 9.81. The van der Waals surface area contributed by atoms with Gasteiger partial charge in [0.2, 0.25) is 11.9 Å². The molecule has 3 aromatic rings. The van der Waals surface area contributed by atoms with Crippen molar-refractivity contribution in [3.05, 3.63) is 73.2 Å². The number of amides is 1. The van der Waals surface area contributed by atoms with Gasteiger partial charge in [0.15, 0.2) is 11.6 Å². The molecule has 0 radical (unpaired) electrons. The molecular weight excluding hydrogens is 401 g/mol. The molecule has 0 aliphatic carbocycles. The first-order chi connectivity index (χ1) is 15.5. The maximum atomic E-state index is 14.3. The summed E-state index contributed by atoms with van der Waals surface area (Å²) in [4.78, 5) is 19.6. The van der Waals surface area contributed by atoms with Crippen LogP contribution >= 0.6 is 0 Å². The lowest BCUT2D eigenvalue weighted by Gasteiger charge is -2.11. The Bertz CT molecular complexity index is 1100. The highest BCUT2D eigenvalue weighted by atomic mass is 19.1. The molecule has 0 fully saturated rings. The minimum Gasteiger partial charge on any atom is -0.491 e. The van der Waals surface area contributed by atoms with Crippen molar-refractivity contribution < 1.29 is 20.0 Å². The second kappa shape index (κ2) is 10.7. The number of anilines is 5. The number of methoxy groups -OCH3 is 1. The lowest BCUT2D eigenvalue weighted by atomic mass is 10.2. The van der Waals surface area contributed by atoms with E-state index >= 15 is 0 Å². The average Bonchev–Trinajstić information content (AvgIpc) is 2.80. The highest BCUT2D eigenvalue weighted by Crippen LogP contribution is 2.23. The van der Waals surface area contributed by atoms with Crippen LogP contribution in [0.4, 0.5) is 33.2 Å². The first-order valence-corrected chi connectivity index (χ1v) is 9.31. The van der Waals surface area contributed by atoms with E-state index in [1.54, 1.807) is 49.6 Å². The smallest absolute Gasteiger partial charge is 0.247 e. The fourth-order valence-corrected chi connectivity index (χ4v) is 2.45. The number of nitrogens with zero attached hydrogens (tertiary/aromatic N) is 2. The van der Waals surface area contributed by atoms with Gasteiger partial charge in [0.25, 0.3) is 0 Å². The Morgan fingerprint density at radius 3 is 2.68 bits per heavy atom. The summed E-state index contributed by atoms with van der Waals surface area (Å²) in [7, 11) is 1.60. The van der Waals surface area contributed by atoms with Gasteiger partial charge in [0, 0.05) is 24.2 Å². The molecule has 0 saturated heterocycles. The van der Waals surface area contributed by atoms with E-state index in [1.165, 1.54) is 0 Å². The Morgan fingerprint density at radius 1 is 1.16 bits per heavy atom. The van der Waals surface area contributed by atoms with Gasteiger partial charge in [0.05, 0.1) is 14.2 Å². The molecule has 0 unspecified atom stereocenters. The van der Waals surface area contributed by atoms with E-state index in [2.05, 4.69) is 32.5 Å². The van der Waals surface area contributed by atoms with Crippen molar-refractivity contribution in [2.24, 2.45) is 0 Å². The Kier molecular flexibility index (Phi) is 7.01. The van der Waals surface area contributed by atoms with E-state index < -0.39 is 11.7 Å². The Morgan fingerprint density at radius 2 is 1.94 bits per heavy atom. The predicted octanol–water partition coefficient (Wildman–Crippen LogP) is 4.25. The normalized spacial score (nSPS) is 10.7. The molecule has 9 heteroatoms. The molecule has 1 amide bonds. The van der Waals surface area contributed by atoms with Crippen molar-refractivity contribution in [1.29, 1.82) is 0 Å². The fraction of sp³-hybridized carbons (Fsp3) is 0.136. The van der Waals surface area contributed by atoms with Gasteiger partial charge in [-0.2, -0.15) is 4.98 Å². The molecule has 0 aliphatic rings. The van der Waals surface area contributed by atoms with Crippen molar-refractivity contribution in [2.45, 2.75) is 0 Å². The topological polar surface area (TPSA) is 97.4 Å². The highest BCUT2D eigenvalue weighted by Gasteiger charge is 2.09. The van der Waals surface area contributed by atoms with Gasteiger partial charge in [-0.15, -0.1) is 0 Å². The van der Waals surface area contributed by atoms with Crippen LogP contribution in [0.1, 0.15) is 1.37 Å². The zero-order valence-electron chi connectivity index (χ0n) is 17.8. The van der Waals surface area contributed by atoms with E-state index in [0.717, 1.165) is 12.3 Å². The number of carbonyl (C=O) groups excluding carboxylic acids is 1. The Labute approximate surface area is 180 Å². The summed E-state index contributed by atoms with van der Waals surface area (Å²) in [5.74, 6) is -0.434. The number of hydrogen-bond donors (Lipinski definition) is 3. The van der Waals surface area contributed by atoms with Crippen LogP contribution in [0.15, 0.2) is 67.4 Å². The van der Waals surface area contributed by atoms with Gasteiger partial charge in [-0.1, -0.05) is 12.6 Å². The van der Waals surface area contributed by atoms with Gasteiger partial charge in [-0.3, -0.25) is 4.79 Å². The number of aromatic nitrogens is 2. The van der Waals surface area contributed by atoms with E-state index in [0.29, 0.717) is 24.7 Å². The Hall–Kier alpha value is -3.98. The summed E-state index contributed by atoms with van der Waals surface area (Å²) in [6, 6.07) is 11.8. The number of halogens is 1. The van der Waals surface area contributed by atoms with E-state index in [1.807, 2.05) is 0 Å². The Balaban J connectivity index is 1.73. The van der Waals surface area contributed by atoms with E-state index in [-0.39, 0.29) is 29.2 Å².